The van der Waals surface area contributed by atoms with E-state index in [0.29, 0.717) is 23.5 Å². The van der Waals surface area contributed by atoms with Gasteiger partial charge < -0.3 is 10.2 Å². The predicted octanol–water partition coefficient (Wildman–Crippen LogP) is 2.33. The summed E-state index contributed by atoms with van der Waals surface area (Å²) in [5.74, 6) is 6.75. The number of nitrogens with one attached hydrogen (secondary N) is 1. The number of ether oxygens (including phenoxy) is 1. The maximum Gasteiger partial charge on any atom is 0.157 e. The summed E-state index contributed by atoms with van der Waals surface area (Å²) >= 11 is 1.83. The number of nitrogen functional groups attached to an aromatic ring is 1. The van der Waals surface area contributed by atoms with E-state index in [1.165, 1.54) is 32.1 Å². The van der Waals surface area contributed by atoms with Gasteiger partial charge in [0.05, 0.1) is 0 Å². The van der Waals surface area contributed by atoms with Crippen molar-refractivity contribution >= 4 is 17.6 Å². The average Bonchev–Trinajstić information content (AvgIpc) is 2.40. The molecule has 0 bridgehead atoms. The molecule has 1 aliphatic carbocycles. The van der Waals surface area contributed by atoms with Crippen LogP contribution < -0.4 is 11.3 Å². The van der Waals surface area contributed by atoms with E-state index in [2.05, 4.69) is 15.4 Å². The van der Waals surface area contributed by atoms with Crippen molar-refractivity contribution in [3.8, 4) is 0 Å². The highest BCUT2D eigenvalue weighted by Crippen LogP contribution is 2.33. The van der Waals surface area contributed by atoms with Gasteiger partial charge in [-0.05, 0) is 12.8 Å². The Labute approximate surface area is 112 Å². The molecule has 1 aromatic rings. The van der Waals surface area contributed by atoms with Crippen molar-refractivity contribution < 1.29 is 4.74 Å². The van der Waals surface area contributed by atoms with E-state index in [-0.39, 0.29) is 0 Å². The fraction of sp³-hybridized carbons (Fsp3) is 0.667. The monoisotopic (exact) mass is 268 g/mol. The molecule has 6 heteroatoms. The molecule has 0 unspecified atom stereocenters. The van der Waals surface area contributed by atoms with Gasteiger partial charge in [-0.3, -0.25) is 0 Å². The topological polar surface area (TPSA) is 73.1 Å². The Kier molecular flexibility index (Phi) is 5.22. The predicted molar refractivity (Wildman–Crippen MR) is 73.3 cm³/mol. The van der Waals surface area contributed by atoms with Crippen molar-refractivity contribution in [3.63, 3.8) is 0 Å². The molecular formula is C12H20N4OS. The fourth-order valence-corrected chi connectivity index (χ4v) is 3.40. The van der Waals surface area contributed by atoms with Gasteiger partial charge in [0.25, 0.3) is 0 Å². The zero-order valence-electron chi connectivity index (χ0n) is 10.7. The molecule has 1 saturated carbocycles. The van der Waals surface area contributed by atoms with Crippen LogP contribution in [0.2, 0.25) is 0 Å². The molecule has 1 fully saturated rings. The maximum atomic E-state index is 5.43. The summed E-state index contributed by atoms with van der Waals surface area (Å²) in [6, 6.07) is 1.90. The first kappa shape index (κ1) is 13.6. The molecule has 0 aliphatic heterocycles. The Hall–Kier alpha value is -0.850. The lowest BCUT2D eigenvalue weighted by molar-refractivity contribution is 0.177. The Morgan fingerprint density at radius 2 is 2.17 bits per heavy atom. The van der Waals surface area contributed by atoms with Crippen LogP contribution in [0.25, 0.3) is 0 Å². The second-order valence-electron chi connectivity index (χ2n) is 4.46. The van der Waals surface area contributed by atoms with E-state index in [4.69, 9.17) is 10.6 Å². The van der Waals surface area contributed by atoms with Crippen molar-refractivity contribution in [2.45, 2.75) is 49.0 Å². The summed E-state index contributed by atoms with van der Waals surface area (Å²) < 4.78 is 5.07. The van der Waals surface area contributed by atoms with Crippen LogP contribution in [0.5, 0.6) is 0 Å². The van der Waals surface area contributed by atoms with Gasteiger partial charge in [-0.2, -0.15) is 0 Å². The third-order valence-corrected chi connectivity index (χ3v) is 4.27. The Morgan fingerprint density at radius 1 is 1.39 bits per heavy atom. The standard InChI is InChI=1S/C12H20N4OS/c1-17-8-11-14-10(16-13)7-12(15-11)18-9-5-3-2-4-6-9/h7,9H,2-6,8,13H2,1H3,(H,14,15,16). The lowest BCUT2D eigenvalue weighted by Crippen LogP contribution is -2.12. The molecule has 0 radical (unpaired) electrons. The molecule has 0 amide bonds. The van der Waals surface area contributed by atoms with E-state index in [9.17, 15) is 0 Å². The number of thioether (sulfide) groups is 1. The molecular weight excluding hydrogens is 248 g/mol. The zero-order chi connectivity index (χ0) is 12.8. The van der Waals surface area contributed by atoms with Crippen LogP contribution in [-0.4, -0.2) is 22.3 Å². The van der Waals surface area contributed by atoms with Crippen LogP contribution in [0.1, 0.15) is 37.9 Å². The number of hydrazine groups is 1. The van der Waals surface area contributed by atoms with Gasteiger partial charge in [0, 0.05) is 18.4 Å². The first-order valence-corrected chi connectivity index (χ1v) is 7.20. The van der Waals surface area contributed by atoms with Crippen LogP contribution in [0.15, 0.2) is 11.1 Å². The van der Waals surface area contributed by atoms with Gasteiger partial charge in [0.15, 0.2) is 5.82 Å². The minimum absolute atomic E-state index is 0.410. The van der Waals surface area contributed by atoms with Crippen LogP contribution >= 0.6 is 11.8 Å². The minimum atomic E-state index is 0.410. The highest BCUT2D eigenvalue weighted by atomic mass is 32.2. The molecule has 0 aromatic carbocycles. The highest BCUT2D eigenvalue weighted by Gasteiger charge is 2.16. The minimum Gasteiger partial charge on any atom is -0.377 e. The number of anilines is 1. The third kappa shape index (κ3) is 3.83. The molecule has 0 spiro atoms. The Morgan fingerprint density at radius 3 is 2.83 bits per heavy atom. The third-order valence-electron chi connectivity index (χ3n) is 3.01. The van der Waals surface area contributed by atoms with E-state index in [1.807, 2.05) is 17.8 Å². The second-order valence-corrected chi connectivity index (χ2v) is 5.78. The van der Waals surface area contributed by atoms with Crippen molar-refractivity contribution in [2.75, 3.05) is 12.5 Å². The molecule has 1 heterocycles. The first-order chi connectivity index (χ1) is 8.81. The SMILES string of the molecule is COCc1nc(NN)cc(SC2CCCCC2)n1. The van der Waals surface area contributed by atoms with Crippen LogP contribution in [0, 0.1) is 0 Å². The number of hydrogen-bond acceptors (Lipinski definition) is 6. The molecule has 0 saturated heterocycles. The summed E-state index contributed by atoms with van der Waals surface area (Å²) in [4.78, 5) is 8.75. The van der Waals surface area contributed by atoms with Gasteiger partial charge in [0.2, 0.25) is 0 Å². The van der Waals surface area contributed by atoms with Gasteiger partial charge in [-0.15, -0.1) is 11.8 Å². The quantitative estimate of drug-likeness (QED) is 0.485. The number of aromatic nitrogens is 2. The molecule has 18 heavy (non-hydrogen) atoms. The van der Waals surface area contributed by atoms with Crippen LogP contribution in [-0.2, 0) is 11.3 Å². The lowest BCUT2D eigenvalue weighted by Gasteiger charge is -2.20. The van der Waals surface area contributed by atoms with E-state index in [1.54, 1.807) is 7.11 Å². The number of hydrogen-bond donors (Lipinski definition) is 2. The van der Waals surface area contributed by atoms with Gasteiger partial charge in [0.1, 0.15) is 17.5 Å². The van der Waals surface area contributed by atoms with Gasteiger partial charge >= 0.3 is 0 Å². The summed E-state index contributed by atoms with van der Waals surface area (Å²) in [7, 11) is 1.64. The second kappa shape index (κ2) is 6.92. The van der Waals surface area contributed by atoms with Crippen molar-refractivity contribution in [3.05, 3.63) is 11.9 Å². The normalized spacial score (nSPS) is 16.8. The summed E-state index contributed by atoms with van der Waals surface area (Å²) in [5, 5.41) is 1.66. The van der Waals surface area contributed by atoms with Crippen molar-refractivity contribution in [1.82, 2.24) is 9.97 Å². The average molecular weight is 268 g/mol. The summed E-state index contributed by atoms with van der Waals surface area (Å²) in [5.41, 5.74) is 2.58. The highest BCUT2D eigenvalue weighted by molar-refractivity contribution is 7.99. The molecule has 2 rings (SSSR count). The van der Waals surface area contributed by atoms with Crippen LogP contribution in [0.3, 0.4) is 0 Å². The fourth-order valence-electron chi connectivity index (χ4n) is 2.15. The molecule has 100 valence electrons. The van der Waals surface area contributed by atoms with Crippen molar-refractivity contribution in [2.24, 2.45) is 5.84 Å². The van der Waals surface area contributed by atoms with Crippen LogP contribution in [0.4, 0.5) is 5.82 Å². The number of methoxy groups -OCH3 is 1. The van der Waals surface area contributed by atoms with E-state index < -0.39 is 0 Å². The molecule has 0 atom stereocenters. The Balaban J connectivity index is 2.07. The zero-order valence-corrected chi connectivity index (χ0v) is 11.5. The smallest absolute Gasteiger partial charge is 0.157 e. The van der Waals surface area contributed by atoms with Gasteiger partial charge in [-0.25, -0.2) is 15.8 Å². The van der Waals surface area contributed by atoms with Gasteiger partial charge in [-0.1, -0.05) is 19.3 Å². The molecule has 5 nitrogen and oxygen atoms in total. The first-order valence-electron chi connectivity index (χ1n) is 6.32. The summed E-state index contributed by atoms with van der Waals surface area (Å²) in [6.45, 7) is 0.410. The largest absolute Gasteiger partial charge is 0.377 e. The lowest BCUT2D eigenvalue weighted by atomic mass is 10.0. The molecule has 1 aliphatic rings. The molecule has 1 aromatic heterocycles. The van der Waals surface area contributed by atoms with Crippen molar-refractivity contribution in [1.29, 1.82) is 0 Å². The van der Waals surface area contributed by atoms with E-state index in [0.717, 1.165) is 5.03 Å². The molecule has 3 N–H and O–H groups in total. The van der Waals surface area contributed by atoms with E-state index >= 15 is 0 Å². The number of nitrogens with zero attached hydrogens (tertiary/aromatic N) is 2. The number of nitrogens with two attached hydrogens (primary N) is 1. The number of rotatable bonds is 5. The Bertz CT molecular complexity index is 382. The summed E-state index contributed by atoms with van der Waals surface area (Å²) in [6.07, 6.45) is 6.58. The maximum absolute atomic E-state index is 5.43.